The number of hydrogen-bond acceptors (Lipinski definition) is 0. The van der Waals surface area contributed by atoms with Crippen molar-refractivity contribution in [1.82, 2.24) is 0 Å². The molecule has 1 unspecified atom stereocenters. The molecular formula is C26H21SnZr. The molecule has 0 bridgehead atoms. The normalized spacial score (nSPS) is 17.1. The molecular weight excluding hydrogens is 522 g/mol. The van der Waals surface area contributed by atoms with E-state index in [0.29, 0.717) is 9.85 Å². The largest absolute Gasteiger partial charge is 0 e. The van der Waals surface area contributed by atoms with E-state index < -0.39 is 19.8 Å². The van der Waals surface area contributed by atoms with Crippen molar-refractivity contribution in [2.24, 2.45) is 0 Å². The molecule has 0 N–H and O–H groups in total. The molecule has 1 radical (unpaired) electrons. The van der Waals surface area contributed by atoms with Gasteiger partial charge in [-0.2, -0.15) is 0 Å². The monoisotopic (exact) mass is 543 g/mol. The van der Waals surface area contributed by atoms with Crippen molar-refractivity contribution in [3.63, 3.8) is 0 Å². The minimum atomic E-state index is -2.24. The van der Waals surface area contributed by atoms with Gasteiger partial charge in [-0.3, -0.25) is 0 Å². The maximum atomic E-state index is 2.48. The maximum Gasteiger partial charge on any atom is 0 e. The van der Waals surface area contributed by atoms with E-state index in [1.165, 1.54) is 16.7 Å². The Bertz CT molecular complexity index is 1040. The minimum absolute atomic E-state index is 0. The molecule has 0 fully saturated rings. The molecule has 0 nitrogen and oxygen atoms in total. The van der Waals surface area contributed by atoms with E-state index in [2.05, 4.69) is 115 Å². The summed E-state index contributed by atoms with van der Waals surface area (Å²) in [5.41, 5.74) is 4.41. The Morgan fingerprint density at radius 2 is 1.25 bits per heavy atom. The summed E-state index contributed by atoms with van der Waals surface area (Å²) in [6, 6.07) is 29.4. The third kappa shape index (κ3) is 3.72. The van der Waals surface area contributed by atoms with Crippen molar-refractivity contribution < 1.29 is 26.2 Å². The van der Waals surface area contributed by atoms with E-state index in [1.807, 2.05) is 0 Å². The molecule has 133 valence electrons. The van der Waals surface area contributed by atoms with Crippen molar-refractivity contribution in [1.29, 1.82) is 0 Å². The number of hydrogen-bond donors (Lipinski definition) is 0. The third-order valence-corrected chi connectivity index (χ3v) is 14.4. The number of fused-ring (bicyclic) bond motifs is 1. The average molecular weight is 543 g/mol. The van der Waals surface area contributed by atoms with Gasteiger partial charge in [0, 0.05) is 26.2 Å². The number of rotatable bonds is 4. The summed E-state index contributed by atoms with van der Waals surface area (Å²) in [6.45, 7) is 0. The Hall–Kier alpha value is -1.44. The molecule has 2 aliphatic carbocycles. The van der Waals surface area contributed by atoms with E-state index in [1.54, 1.807) is 7.16 Å². The summed E-state index contributed by atoms with van der Waals surface area (Å²) >= 11 is -2.24. The third-order valence-electron chi connectivity index (χ3n) is 5.55. The van der Waals surface area contributed by atoms with Gasteiger partial charge in [-0.15, -0.1) is 0 Å². The van der Waals surface area contributed by atoms with Gasteiger partial charge in [0.25, 0.3) is 0 Å². The quantitative estimate of drug-likeness (QED) is 0.413. The summed E-state index contributed by atoms with van der Waals surface area (Å²) in [5.74, 6) is 0.418. The van der Waals surface area contributed by atoms with Gasteiger partial charge in [0.15, 0.2) is 0 Å². The van der Waals surface area contributed by atoms with Crippen molar-refractivity contribution in [2.45, 2.75) is 9.85 Å². The van der Waals surface area contributed by atoms with Crippen LogP contribution in [0.15, 0.2) is 109 Å². The van der Waals surface area contributed by atoms with Crippen LogP contribution in [0.2, 0.25) is 0 Å². The Labute approximate surface area is 193 Å². The van der Waals surface area contributed by atoms with Crippen LogP contribution in [0.25, 0.3) is 6.08 Å². The topological polar surface area (TPSA) is 0 Å². The molecule has 0 spiro atoms. The summed E-state index contributed by atoms with van der Waals surface area (Å²) in [5, 5.41) is 0. The van der Waals surface area contributed by atoms with Gasteiger partial charge in [-0.25, -0.2) is 0 Å². The summed E-state index contributed by atoms with van der Waals surface area (Å²) in [6.07, 6.45) is 13.8. The van der Waals surface area contributed by atoms with Crippen LogP contribution in [-0.4, -0.2) is 19.8 Å². The zero-order chi connectivity index (χ0) is 18.1. The molecule has 1 atom stereocenters. The van der Waals surface area contributed by atoms with Crippen molar-refractivity contribution >= 4 is 33.0 Å². The number of allylic oxidation sites excluding steroid dienone is 5. The second-order valence-corrected chi connectivity index (χ2v) is 14.5. The van der Waals surface area contributed by atoms with Crippen LogP contribution in [0.3, 0.4) is 0 Å². The molecule has 2 heteroatoms. The zero-order valence-corrected chi connectivity index (χ0v) is 20.9. The molecule has 0 saturated carbocycles. The SMILES string of the molecule is C1=CC(c2cccc[c]2[Sn]([c]2ccccc2)[CH]2C=Cc3ccccc32)C=C1.[Zr]. The molecule has 2 aliphatic rings. The molecule has 5 rings (SSSR count). The van der Waals surface area contributed by atoms with Crippen LogP contribution in [0.5, 0.6) is 0 Å². The molecule has 3 aromatic carbocycles. The summed E-state index contributed by atoms with van der Waals surface area (Å²) in [4.78, 5) is 0. The van der Waals surface area contributed by atoms with Crippen molar-refractivity contribution in [3.8, 4) is 0 Å². The van der Waals surface area contributed by atoms with Crippen LogP contribution >= 0.6 is 0 Å². The van der Waals surface area contributed by atoms with Gasteiger partial charge in [0.1, 0.15) is 0 Å². The fourth-order valence-corrected chi connectivity index (χ4v) is 13.6. The van der Waals surface area contributed by atoms with E-state index in [4.69, 9.17) is 0 Å². The van der Waals surface area contributed by atoms with E-state index >= 15 is 0 Å². The maximum absolute atomic E-state index is 2.48. The molecule has 3 aromatic rings. The second kappa shape index (κ2) is 8.93. The van der Waals surface area contributed by atoms with Crippen LogP contribution in [-0.2, 0) is 26.2 Å². The van der Waals surface area contributed by atoms with Gasteiger partial charge in [-0.1, -0.05) is 0 Å². The van der Waals surface area contributed by atoms with Gasteiger partial charge in [-0.05, 0) is 0 Å². The molecule has 0 aliphatic heterocycles. The summed E-state index contributed by atoms with van der Waals surface area (Å²) < 4.78 is 3.75. The first-order valence-corrected chi connectivity index (χ1v) is 14.1. The standard InChI is InChI=1S/C11H9.C9H7.C6H5.Sn.Zr/c1-2-6-10(7-3-1)11-8-4-5-9-11;1-2-5-9-7-3-6-8(9)4-1;1-2-4-6-5-3-1;;/h1-6,8-9,11H;1-7H;1-5H;;. The molecule has 0 heterocycles. The van der Waals surface area contributed by atoms with Crippen LogP contribution in [0.4, 0.5) is 0 Å². The first-order valence-electron chi connectivity index (χ1n) is 9.55. The van der Waals surface area contributed by atoms with Gasteiger partial charge in [0.2, 0.25) is 0 Å². The summed E-state index contributed by atoms with van der Waals surface area (Å²) in [7, 11) is 0. The predicted molar refractivity (Wildman–Crippen MR) is 117 cm³/mol. The van der Waals surface area contributed by atoms with Crippen LogP contribution in [0, 0.1) is 0 Å². The fourth-order valence-electron chi connectivity index (χ4n) is 4.29. The Morgan fingerprint density at radius 1 is 0.607 bits per heavy atom. The smallest absolute Gasteiger partial charge is 0 e. The van der Waals surface area contributed by atoms with Gasteiger partial charge in [0.05, 0.1) is 0 Å². The van der Waals surface area contributed by atoms with Crippen LogP contribution in [0.1, 0.15) is 26.5 Å². The minimum Gasteiger partial charge on any atom is 0 e. The first kappa shape index (κ1) is 19.9. The molecule has 0 aromatic heterocycles. The average Bonchev–Trinajstić information content (AvgIpc) is 3.40. The predicted octanol–water partition coefficient (Wildman–Crippen LogP) is 4.85. The number of benzene rings is 3. The zero-order valence-electron chi connectivity index (χ0n) is 15.6. The van der Waals surface area contributed by atoms with Crippen molar-refractivity contribution in [3.05, 3.63) is 126 Å². The Morgan fingerprint density at radius 3 is 2.04 bits per heavy atom. The Balaban J connectivity index is 0.00000192. The van der Waals surface area contributed by atoms with Gasteiger partial charge < -0.3 is 0 Å². The van der Waals surface area contributed by atoms with Gasteiger partial charge >= 0.3 is 169 Å². The van der Waals surface area contributed by atoms with E-state index in [-0.39, 0.29) is 26.2 Å². The van der Waals surface area contributed by atoms with E-state index in [9.17, 15) is 0 Å². The van der Waals surface area contributed by atoms with Crippen molar-refractivity contribution in [2.75, 3.05) is 0 Å². The molecule has 0 saturated heterocycles. The molecule has 0 amide bonds. The Kier molecular flexibility index (Phi) is 6.33. The molecule has 28 heavy (non-hydrogen) atoms. The van der Waals surface area contributed by atoms with Crippen LogP contribution < -0.4 is 7.16 Å². The fraction of sp³-hybridized carbons (Fsp3) is 0.0769. The first-order chi connectivity index (χ1) is 13.4. The second-order valence-electron chi connectivity index (χ2n) is 7.13. The van der Waals surface area contributed by atoms with E-state index in [0.717, 1.165) is 0 Å².